The molecule has 0 aliphatic carbocycles. The fourth-order valence-corrected chi connectivity index (χ4v) is 2.62. The molecule has 0 radical (unpaired) electrons. The van der Waals surface area contributed by atoms with E-state index in [4.69, 9.17) is 17.3 Å². The zero-order chi connectivity index (χ0) is 9.30. The summed E-state index contributed by atoms with van der Waals surface area (Å²) in [6.45, 7) is 3.66. The molecule has 0 saturated carbocycles. The van der Waals surface area contributed by atoms with Crippen LogP contribution in [0.1, 0.15) is 5.56 Å². The van der Waals surface area contributed by atoms with Crippen molar-refractivity contribution in [2.24, 2.45) is 0 Å². The van der Waals surface area contributed by atoms with Crippen LogP contribution in [0.25, 0.3) is 5.03 Å². The number of hydrogen-bond donors (Lipinski definition) is 1. The maximum atomic E-state index is 5.76. The maximum absolute atomic E-state index is 5.76. The van der Waals surface area contributed by atoms with Crippen molar-refractivity contribution in [1.82, 2.24) is 0 Å². The predicted molar refractivity (Wildman–Crippen MR) is 71.2 cm³/mol. The van der Waals surface area contributed by atoms with E-state index in [1.165, 1.54) is 0 Å². The van der Waals surface area contributed by atoms with E-state index >= 15 is 0 Å². The first-order chi connectivity index (χ1) is 5.52. The summed E-state index contributed by atoms with van der Waals surface area (Å²) < 4.78 is 2.02. The molecule has 0 saturated heterocycles. The number of benzene rings is 1. The summed E-state index contributed by atoms with van der Waals surface area (Å²) in [6.07, 6.45) is 0. The number of halogens is 3. The molecule has 0 aromatic heterocycles. The molecule has 0 amide bonds. The van der Waals surface area contributed by atoms with Crippen molar-refractivity contribution in [3.05, 3.63) is 31.4 Å². The van der Waals surface area contributed by atoms with E-state index in [2.05, 4.69) is 51.8 Å². The predicted octanol–water partition coefficient (Wildman–Crippen LogP) is 3.69. The Kier molecular flexibility index (Phi) is 3.66. The fraction of sp³-hybridized carbons (Fsp3) is 0. The van der Waals surface area contributed by atoms with Crippen LogP contribution < -0.4 is 5.73 Å². The van der Waals surface area contributed by atoms with Crippen LogP contribution in [-0.2, 0) is 0 Å². The second-order valence-corrected chi connectivity index (χ2v) is 5.04. The zero-order valence-electron chi connectivity index (χ0n) is 6.07. The van der Waals surface area contributed by atoms with E-state index in [0.717, 1.165) is 18.4 Å². The van der Waals surface area contributed by atoms with Gasteiger partial charge in [0.2, 0.25) is 0 Å². The third-order valence-electron chi connectivity index (χ3n) is 1.39. The van der Waals surface area contributed by atoms with Gasteiger partial charge in [0.1, 0.15) is 0 Å². The zero-order valence-corrected chi connectivity index (χ0v) is 11.1. The molecule has 0 fully saturated rings. The van der Waals surface area contributed by atoms with Gasteiger partial charge in [-0.05, 0) is 62.9 Å². The first kappa shape index (κ1) is 10.6. The van der Waals surface area contributed by atoms with E-state index in [9.17, 15) is 0 Å². The number of hydrogen-bond acceptors (Lipinski definition) is 1. The van der Waals surface area contributed by atoms with E-state index in [0.29, 0.717) is 5.03 Å². The number of anilines is 1. The average molecular weight is 405 g/mol. The Morgan fingerprint density at radius 1 is 1.33 bits per heavy atom. The molecule has 0 heterocycles. The fourth-order valence-electron chi connectivity index (χ4n) is 0.741. The highest BCUT2D eigenvalue weighted by Crippen LogP contribution is 2.27. The lowest BCUT2D eigenvalue weighted by atomic mass is 10.2. The molecule has 64 valence electrons. The quantitative estimate of drug-likeness (QED) is 0.560. The van der Waals surface area contributed by atoms with E-state index in [-0.39, 0.29) is 0 Å². The minimum Gasteiger partial charge on any atom is -0.397 e. The highest BCUT2D eigenvalue weighted by Gasteiger charge is 2.04. The maximum Gasteiger partial charge on any atom is 0.0585 e. The SMILES string of the molecule is C=C(Cl)c1cc(I)c(N)c(I)c1. The average Bonchev–Trinajstić information content (AvgIpc) is 1.99. The molecule has 0 aliphatic rings. The highest BCUT2D eigenvalue weighted by atomic mass is 127. The van der Waals surface area contributed by atoms with Gasteiger partial charge < -0.3 is 5.73 Å². The Morgan fingerprint density at radius 3 is 2.08 bits per heavy atom. The monoisotopic (exact) mass is 405 g/mol. The molecule has 0 unspecified atom stereocenters. The van der Waals surface area contributed by atoms with Crippen LogP contribution in [0.5, 0.6) is 0 Å². The molecular weight excluding hydrogens is 399 g/mol. The first-order valence-corrected chi connectivity index (χ1v) is 5.65. The second kappa shape index (κ2) is 4.15. The van der Waals surface area contributed by atoms with Crippen LogP contribution in [0.15, 0.2) is 18.7 Å². The Balaban J connectivity index is 3.31. The van der Waals surface area contributed by atoms with Crippen LogP contribution in [0.3, 0.4) is 0 Å². The van der Waals surface area contributed by atoms with Gasteiger partial charge in [-0.3, -0.25) is 0 Å². The van der Waals surface area contributed by atoms with Crippen LogP contribution in [0.2, 0.25) is 0 Å². The Bertz CT molecular complexity index is 313. The van der Waals surface area contributed by atoms with Gasteiger partial charge in [0.05, 0.1) is 5.69 Å². The van der Waals surface area contributed by atoms with Crippen LogP contribution in [-0.4, -0.2) is 0 Å². The third-order valence-corrected chi connectivity index (χ3v) is 3.40. The summed E-state index contributed by atoms with van der Waals surface area (Å²) in [4.78, 5) is 0. The standard InChI is InChI=1S/C8H6ClI2N/c1-4(9)5-2-6(10)8(12)7(11)3-5/h2-3H,1,12H2. The minimum absolute atomic E-state index is 0.547. The van der Waals surface area contributed by atoms with Crippen molar-refractivity contribution in [2.45, 2.75) is 0 Å². The van der Waals surface area contributed by atoms with Gasteiger partial charge in [-0.1, -0.05) is 18.2 Å². The third kappa shape index (κ3) is 2.26. The molecule has 0 spiro atoms. The molecule has 2 N–H and O–H groups in total. The van der Waals surface area contributed by atoms with Gasteiger partial charge in [-0.25, -0.2) is 0 Å². The molecule has 1 aromatic carbocycles. The molecular formula is C8H6ClI2N. The first-order valence-electron chi connectivity index (χ1n) is 3.11. The molecule has 1 rings (SSSR count). The summed E-state index contributed by atoms with van der Waals surface area (Å²) in [5.41, 5.74) is 7.50. The second-order valence-electron chi connectivity index (χ2n) is 2.26. The van der Waals surface area contributed by atoms with E-state index in [1.807, 2.05) is 12.1 Å². The van der Waals surface area contributed by atoms with Crippen molar-refractivity contribution in [3.63, 3.8) is 0 Å². The lowest BCUT2D eigenvalue weighted by Gasteiger charge is -2.04. The molecule has 1 nitrogen and oxygen atoms in total. The molecule has 0 aliphatic heterocycles. The van der Waals surface area contributed by atoms with Gasteiger partial charge in [0.25, 0.3) is 0 Å². The van der Waals surface area contributed by atoms with Gasteiger partial charge in [0, 0.05) is 12.2 Å². The number of rotatable bonds is 1. The van der Waals surface area contributed by atoms with Crippen molar-refractivity contribution in [1.29, 1.82) is 0 Å². The van der Waals surface area contributed by atoms with E-state index < -0.39 is 0 Å². The highest BCUT2D eigenvalue weighted by molar-refractivity contribution is 14.1. The van der Waals surface area contributed by atoms with Crippen molar-refractivity contribution < 1.29 is 0 Å². The van der Waals surface area contributed by atoms with Crippen LogP contribution in [0, 0.1) is 7.14 Å². The lowest BCUT2D eigenvalue weighted by molar-refractivity contribution is 1.55. The summed E-state index contributed by atoms with van der Waals surface area (Å²) >= 11 is 10.1. The van der Waals surface area contributed by atoms with Crippen LogP contribution in [0.4, 0.5) is 5.69 Å². The van der Waals surface area contributed by atoms with Crippen molar-refractivity contribution in [3.8, 4) is 0 Å². The molecule has 12 heavy (non-hydrogen) atoms. The summed E-state index contributed by atoms with van der Waals surface area (Å²) in [5.74, 6) is 0. The van der Waals surface area contributed by atoms with Crippen molar-refractivity contribution in [2.75, 3.05) is 5.73 Å². The summed E-state index contributed by atoms with van der Waals surface area (Å²) in [6, 6.07) is 3.85. The summed E-state index contributed by atoms with van der Waals surface area (Å²) in [5, 5.41) is 0.547. The molecule has 4 heteroatoms. The Labute approximate surface area is 104 Å². The topological polar surface area (TPSA) is 26.0 Å². The molecule has 0 atom stereocenters. The Hall–Kier alpha value is 0.510. The number of nitrogen functional groups attached to an aromatic ring is 1. The largest absolute Gasteiger partial charge is 0.397 e. The molecule has 1 aromatic rings. The van der Waals surface area contributed by atoms with Crippen molar-refractivity contribution >= 4 is 67.5 Å². The Morgan fingerprint density at radius 2 is 1.75 bits per heavy atom. The van der Waals surface area contributed by atoms with E-state index in [1.54, 1.807) is 0 Å². The van der Waals surface area contributed by atoms with Gasteiger partial charge in [-0.15, -0.1) is 0 Å². The smallest absolute Gasteiger partial charge is 0.0585 e. The molecule has 0 bridgehead atoms. The summed E-state index contributed by atoms with van der Waals surface area (Å²) in [7, 11) is 0. The van der Waals surface area contributed by atoms with Gasteiger partial charge in [0.15, 0.2) is 0 Å². The van der Waals surface area contributed by atoms with Gasteiger partial charge >= 0.3 is 0 Å². The van der Waals surface area contributed by atoms with Crippen LogP contribution >= 0.6 is 56.8 Å². The lowest BCUT2D eigenvalue weighted by Crippen LogP contribution is -1.94. The minimum atomic E-state index is 0.547. The normalized spacial score (nSPS) is 9.92. The number of nitrogens with two attached hydrogens (primary N) is 1. The van der Waals surface area contributed by atoms with Gasteiger partial charge in [-0.2, -0.15) is 0 Å².